The van der Waals surface area contributed by atoms with Crippen LogP contribution in [0.3, 0.4) is 0 Å². The van der Waals surface area contributed by atoms with Gasteiger partial charge in [0.15, 0.2) is 5.96 Å². The molecule has 1 aromatic heterocycles. The molecule has 1 aliphatic heterocycles. The summed E-state index contributed by atoms with van der Waals surface area (Å²) in [5, 5.41) is 7.61. The van der Waals surface area contributed by atoms with Crippen LogP contribution in [0.4, 0.5) is 0 Å². The molecule has 1 saturated heterocycles. The Morgan fingerprint density at radius 3 is 2.84 bits per heavy atom. The van der Waals surface area contributed by atoms with Crippen molar-refractivity contribution in [1.82, 2.24) is 20.0 Å². The van der Waals surface area contributed by atoms with Crippen LogP contribution < -0.4 is 5.32 Å². The van der Waals surface area contributed by atoms with Crippen molar-refractivity contribution in [2.24, 2.45) is 16.8 Å². The number of aliphatic imine (C=N–C) groups is 1. The topological polar surface area (TPSA) is 71.8 Å². The summed E-state index contributed by atoms with van der Waals surface area (Å²) in [6.45, 7) is 10.1. The number of hydrogen-bond donors (Lipinski definition) is 1. The Labute approximate surface area is 167 Å². The SMILES string of the molecule is CCNC(=NCCCn1cc(C)cn1)N1CC(C)C(C(=O)OC)C1.I. The first-order valence-electron chi connectivity index (χ1n) is 8.65. The van der Waals surface area contributed by atoms with Crippen LogP contribution in [0.5, 0.6) is 0 Å². The third-order valence-electron chi connectivity index (χ3n) is 4.32. The number of rotatable bonds is 6. The molecule has 2 rings (SSSR count). The summed E-state index contributed by atoms with van der Waals surface area (Å²) in [5.74, 6) is 0.946. The number of nitrogens with zero attached hydrogens (tertiary/aromatic N) is 4. The first-order chi connectivity index (χ1) is 11.5. The molecule has 25 heavy (non-hydrogen) atoms. The van der Waals surface area contributed by atoms with Crippen molar-refractivity contribution in [3.63, 3.8) is 0 Å². The zero-order chi connectivity index (χ0) is 17.5. The van der Waals surface area contributed by atoms with E-state index in [1.54, 1.807) is 0 Å². The minimum Gasteiger partial charge on any atom is -0.469 e. The Balaban J connectivity index is 0.00000312. The van der Waals surface area contributed by atoms with Gasteiger partial charge in [-0.15, -0.1) is 24.0 Å². The molecule has 1 aliphatic rings. The molecule has 1 aromatic rings. The van der Waals surface area contributed by atoms with E-state index in [9.17, 15) is 4.79 Å². The number of guanidine groups is 1. The maximum atomic E-state index is 11.9. The predicted octanol–water partition coefficient (Wildman–Crippen LogP) is 1.91. The van der Waals surface area contributed by atoms with E-state index in [0.29, 0.717) is 6.54 Å². The number of halogens is 1. The van der Waals surface area contributed by atoms with Gasteiger partial charge in [-0.1, -0.05) is 6.92 Å². The van der Waals surface area contributed by atoms with Gasteiger partial charge in [-0.2, -0.15) is 5.10 Å². The lowest BCUT2D eigenvalue weighted by molar-refractivity contribution is -0.145. The predicted molar refractivity (Wildman–Crippen MR) is 109 cm³/mol. The summed E-state index contributed by atoms with van der Waals surface area (Å²) in [6.07, 6.45) is 4.84. The molecule has 0 aliphatic carbocycles. The van der Waals surface area contributed by atoms with E-state index in [1.165, 1.54) is 12.7 Å². The fourth-order valence-electron chi connectivity index (χ4n) is 3.03. The summed E-state index contributed by atoms with van der Waals surface area (Å²) in [4.78, 5) is 18.7. The van der Waals surface area contributed by atoms with E-state index in [4.69, 9.17) is 9.73 Å². The highest BCUT2D eigenvalue weighted by atomic mass is 127. The van der Waals surface area contributed by atoms with Gasteiger partial charge in [0, 0.05) is 38.9 Å². The number of methoxy groups -OCH3 is 1. The van der Waals surface area contributed by atoms with Gasteiger partial charge in [0.1, 0.15) is 0 Å². The molecule has 0 amide bonds. The second-order valence-electron chi connectivity index (χ2n) is 6.38. The van der Waals surface area contributed by atoms with Crippen molar-refractivity contribution < 1.29 is 9.53 Å². The van der Waals surface area contributed by atoms with Crippen LogP contribution in [-0.2, 0) is 16.1 Å². The molecule has 2 heterocycles. The molecule has 0 aromatic carbocycles. The van der Waals surface area contributed by atoms with E-state index in [-0.39, 0.29) is 41.8 Å². The van der Waals surface area contributed by atoms with Crippen LogP contribution in [0.1, 0.15) is 25.8 Å². The van der Waals surface area contributed by atoms with Crippen molar-refractivity contribution in [1.29, 1.82) is 0 Å². The van der Waals surface area contributed by atoms with E-state index in [2.05, 4.69) is 29.2 Å². The molecule has 0 bridgehead atoms. The molecule has 0 spiro atoms. The number of esters is 1. The Bertz CT molecular complexity index is 575. The van der Waals surface area contributed by atoms with Crippen LogP contribution in [0, 0.1) is 18.8 Å². The van der Waals surface area contributed by atoms with Crippen LogP contribution in [0.2, 0.25) is 0 Å². The summed E-state index contributed by atoms with van der Waals surface area (Å²) < 4.78 is 6.85. The number of ether oxygens (including phenoxy) is 1. The number of hydrogen-bond acceptors (Lipinski definition) is 4. The van der Waals surface area contributed by atoms with Crippen LogP contribution in [0.15, 0.2) is 17.4 Å². The molecular weight excluding hydrogens is 433 g/mol. The van der Waals surface area contributed by atoms with Gasteiger partial charge in [0.05, 0.1) is 19.2 Å². The highest BCUT2D eigenvalue weighted by Gasteiger charge is 2.36. The van der Waals surface area contributed by atoms with Crippen molar-refractivity contribution in [3.05, 3.63) is 18.0 Å². The molecule has 142 valence electrons. The quantitative estimate of drug-likeness (QED) is 0.230. The third kappa shape index (κ3) is 6.16. The minimum absolute atomic E-state index is 0. The number of aryl methyl sites for hydroxylation is 2. The summed E-state index contributed by atoms with van der Waals surface area (Å²) >= 11 is 0. The summed E-state index contributed by atoms with van der Waals surface area (Å²) in [5.41, 5.74) is 1.17. The van der Waals surface area contributed by atoms with Gasteiger partial charge >= 0.3 is 5.97 Å². The third-order valence-corrected chi connectivity index (χ3v) is 4.32. The van der Waals surface area contributed by atoms with E-state index < -0.39 is 0 Å². The average Bonchev–Trinajstić information content (AvgIpc) is 3.15. The zero-order valence-corrected chi connectivity index (χ0v) is 17.9. The highest BCUT2D eigenvalue weighted by Crippen LogP contribution is 2.24. The second-order valence-corrected chi connectivity index (χ2v) is 6.38. The van der Waals surface area contributed by atoms with Gasteiger partial charge in [-0.3, -0.25) is 14.5 Å². The van der Waals surface area contributed by atoms with E-state index in [0.717, 1.165) is 38.6 Å². The minimum atomic E-state index is -0.130. The maximum absolute atomic E-state index is 11.9. The molecule has 1 fully saturated rings. The van der Waals surface area contributed by atoms with E-state index >= 15 is 0 Å². The summed E-state index contributed by atoms with van der Waals surface area (Å²) in [7, 11) is 1.45. The molecule has 0 radical (unpaired) electrons. The molecule has 2 atom stereocenters. The van der Waals surface area contributed by atoms with Crippen LogP contribution in [0.25, 0.3) is 0 Å². The standard InChI is InChI=1S/C17H29N5O2.HI/c1-5-18-17(19-7-6-8-22-10-13(2)9-20-22)21-11-14(3)15(12-21)16(23)24-4;/h9-10,14-15H,5-8,11-12H2,1-4H3,(H,18,19);1H. The van der Waals surface area contributed by atoms with Crippen LogP contribution in [-0.4, -0.2) is 59.9 Å². The zero-order valence-electron chi connectivity index (χ0n) is 15.6. The number of carbonyl (C=O) groups is 1. The van der Waals surface area contributed by atoms with Gasteiger partial charge < -0.3 is 15.0 Å². The normalized spacial score (nSPS) is 20.3. The molecular formula is C17H30IN5O2. The van der Waals surface area contributed by atoms with Crippen molar-refractivity contribution in [2.75, 3.05) is 33.3 Å². The van der Waals surface area contributed by atoms with Crippen molar-refractivity contribution in [2.45, 2.75) is 33.7 Å². The molecule has 1 N–H and O–H groups in total. The fourth-order valence-corrected chi connectivity index (χ4v) is 3.03. The molecule has 7 nitrogen and oxygen atoms in total. The number of likely N-dealkylation sites (tertiary alicyclic amines) is 1. The first-order valence-corrected chi connectivity index (χ1v) is 8.65. The van der Waals surface area contributed by atoms with Crippen molar-refractivity contribution in [3.8, 4) is 0 Å². The first kappa shape index (κ1) is 21.7. The molecule has 2 unspecified atom stereocenters. The van der Waals surface area contributed by atoms with E-state index in [1.807, 2.05) is 24.0 Å². The highest BCUT2D eigenvalue weighted by molar-refractivity contribution is 14.0. The number of aromatic nitrogens is 2. The lowest BCUT2D eigenvalue weighted by Gasteiger charge is -2.21. The second kappa shape index (κ2) is 10.6. The Morgan fingerprint density at radius 1 is 1.48 bits per heavy atom. The van der Waals surface area contributed by atoms with Crippen molar-refractivity contribution >= 4 is 35.9 Å². The van der Waals surface area contributed by atoms with Gasteiger partial charge in [-0.25, -0.2) is 0 Å². The van der Waals surface area contributed by atoms with Gasteiger partial charge in [0.2, 0.25) is 0 Å². The Hall–Kier alpha value is -1.32. The fraction of sp³-hybridized carbons (Fsp3) is 0.706. The Kier molecular flexibility index (Phi) is 9.23. The smallest absolute Gasteiger partial charge is 0.310 e. The largest absolute Gasteiger partial charge is 0.469 e. The number of carbonyl (C=O) groups excluding carboxylic acids is 1. The molecule has 0 saturated carbocycles. The van der Waals surface area contributed by atoms with Crippen LogP contribution >= 0.6 is 24.0 Å². The Morgan fingerprint density at radius 2 is 2.24 bits per heavy atom. The summed E-state index contributed by atoms with van der Waals surface area (Å²) in [6, 6.07) is 0. The average molecular weight is 463 g/mol. The number of nitrogens with one attached hydrogen (secondary N) is 1. The lowest BCUT2D eigenvalue weighted by Crippen LogP contribution is -2.40. The van der Waals surface area contributed by atoms with Gasteiger partial charge in [0.25, 0.3) is 0 Å². The lowest BCUT2D eigenvalue weighted by atomic mass is 9.99. The van der Waals surface area contributed by atoms with Gasteiger partial charge in [-0.05, 0) is 31.7 Å². The monoisotopic (exact) mass is 463 g/mol. The molecule has 8 heteroatoms. The maximum Gasteiger partial charge on any atom is 0.310 e.